The van der Waals surface area contributed by atoms with E-state index in [1.807, 2.05) is 0 Å². The van der Waals surface area contributed by atoms with Gasteiger partial charge in [-0.25, -0.2) is 4.79 Å². The molecule has 0 saturated carbocycles. The summed E-state index contributed by atoms with van der Waals surface area (Å²) in [6, 6.07) is 16.5. The zero-order chi connectivity index (χ0) is 15.1. The largest absolute Gasteiger partial charge is 0.462 e. The molecule has 2 aromatic carbocycles. The molecule has 0 N–H and O–H groups in total. The maximum atomic E-state index is 11.8. The molecule has 2 rings (SSSR count). The lowest BCUT2D eigenvalue weighted by Gasteiger charge is -2.03. The second kappa shape index (κ2) is 7.39. The quantitative estimate of drug-likeness (QED) is 0.609. The van der Waals surface area contributed by atoms with E-state index in [0.29, 0.717) is 28.6 Å². The molecule has 0 fully saturated rings. The summed E-state index contributed by atoms with van der Waals surface area (Å²) in [5, 5.41) is 0.588. The summed E-state index contributed by atoms with van der Waals surface area (Å²) in [6.45, 7) is 2.07. The van der Waals surface area contributed by atoms with Gasteiger partial charge >= 0.3 is 5.97 Å². The van der Waals surface area contributed by atoms with Crippen LogP contribution in [-0.2, 0) is 4.74 Å². The Bertz CT molecular complexity index is 707. The SMILES string of the molecule is CCOC(=O)c1ccccc1N=C=Nc1cccc(Cl)c1. The second-order valence-electron chi connectivity index (χ2n) is 4.04. The Morgan fingerprint density at radius 3 is 2.76 bits per heavy atom. The molecule has 0 aliphatic heterocycles. The van der Waals surface area contributed by atoms with Gasteiger partial charge in [0.2, 0.25) is 0 Å². The van der Waals surface area contributed by atoms with Gasteiger partial charge in [0.05, 0.1) is 23.5 Å². The van der Waals surface area contributed by atoms with Crippen LogP contribution >= 0.6 is 11.6 Å². The van der Waals surface area contributed by atoms with Gasteiger partial charge < -0.3 is 4.74 Å². The van der Waals surface area contributed by atoms with E-state index >= 15 is 0 Å². The number of benzene rings is 2. The van der Waals surface area contributed by atoms with Crippen molar-refractivity contribution in [3.05, 3.63) is 59.1 Å². The minimum Gasteiger partial charge on any atom is -0.462 e. The molecule has 4 nitrogen and oxygen atoms in total. The molecule has 0 aliphatic carbocycles. The normalized spacial score (nSPS) is 9.62. The predicted molar refractivity (Wildman–Crippen MR) is 83.0 cm³/mol. The molecule has 0 aliphatic rings. The van der Waals surface area contributed by atoms with Crippen LogP contribution < -0.4 is 0 Å². The highest BCUT2D eigenvalue weighted by Crippen LogP contribution is 2.20. The number of hydrogen-bond acceptors (Lipinski definition) is 4. The molecule has 106 valence electrons. The van der Waals surface area contributed by atoms with Crippen molar-refractivity contribution in [2.75, 3.05) is 6.61 Å². The molecular formula is C16H13ClN2O2. The first-order valence-electron chi connectivity index (χ1n) is 6.39. The first kappa shape index (κ1) is 15.0. The molecule has 0 radical (unpaired) electrons. The van der Waals surface area contributed by atoms with Crippen LogP contribution in [0.5, 0.6) is 0 Å². The first-order valence-corrected chi connectivity index (χ1v) is 6.76. The smallest absolute Gasteiger partial charge is 0.340 e. The Labute approximate surface area is 127 Å². The molecule has 0 aromatic heterocycles. The van der Waals surface area contributed by atoms with Gasteiger partial charge in [-0.3, -0.25) is 0 Å². The van der Waals surface area contributed by atoms with Crippen LogP contribution in [0.15, 0.2) is 58.5 Å². The summed E-state index contributed by atoms with van der Waals surface area (Å²) in [5.74, 6) is -0.415. The summed E-state index contributed by atoms with van der Waals surface area (Å²) in [6.07, 6.45) is 0. The number of hydrogen-bond donors (Lipinski definition) is 0. The Balaban J connectivity index is 2.27. The van der Waals surface area contributed by atoms with E-state index in [-0.39, 0.29) is 0 Å². The number of nitrogens with zero attached hydrogens (tertiary/aromatic N) is 2. The zero-order valence-corrected chi connectivity index (χ0v) is 12.2. The van der Waals surface area contributed by atoms with Crippen molar-refractivity contribution in [3.8, 4) is 0 Å². The molecule has 0 spiro atoms. The number of ether oxygens (including phenoxy) is 1. The van der Waals surface area contributed by atoms with Crippen molar-refractivity contribution in [3.63, 3.8) is 0 Å². The number of rotatable bonds is 4. The fourth-order valence-corrected chi connectivity index (χ4v) is 1.82. The maximum Gasteiger partial charge on any atom is 0.340 e. The summed E-state index contributed by atoms with van der Waals surface area (Å²) < 4.78 is 4.97. The molecule has 0 bridgehead atoms. The average molecular weight is 301 g/mol. The van der Waals surface area contributed by atoms with Crippen LogP contribution in [-0.4, -0.2) is 18.6 Å². The standard InChI is InChI=1S/C16H13ClN2O2/c1-2-21-16(20)14-8-3-4-9-15(14)19-11-18-13-7-5-6-12(17)10-13/h3-10H,2H2,1H3. The highest BCUT2D eigenvalue weighted by molar-refractivity contribution is 6.30. The predicted octanol–water partition coefficient (Wildman–Crippen LogP) is 4.65. The molecule has 0 amide bonds. The van der Waals surface area contributed by atoms with E-state index in [4.69, 9.17) is 16.3 Å². The van der Waals surface area contributed by atoms with Crippen molar-refractivity contribution in [2.45, 2.75) is 6.92 Å². The number of esters is 1. The topological polar surface area (TPSA) is 51.0 Å². The van der Waals surface area contributed by atoms with Gasteiger partial charge in [-0.2, -0.15) is 9.98 Å². The Morgan fingerprint density at radius 2 is 2.00 bits per heavy atom. The van der Waals surface area contributed by atoms with Crippen molar-refractivity contribution < 1.29 is 9.53 Å². The van der Waals surface area contributed by atoms with Crippen molar-refractivity contribution in [1.29, 1.82) is 0 Å². The maximum absolute atomic E-state index is 11.8. The van der Waals surface area contributed by atoms with E-state index in [9.17, 15) is 4.79 Å². The molecular weight excluding hydrogens is 288 g/mol. The van der Waals surface area contributed by atoms with Crippen LogP contribution in [0.3, 0.4) is 0 Å². The summed E-state index contributed by atoms with van der Waals surface area (Å²) in [4.78, 5) is 19.9. The highest BCUT2D eigenvalue weighted by atomic mass is 35.5. The van der Waals surface area contributed by atoms with Crippen LogP contribution in [0.1, 0.15) is 17.3 Å². The summed E-state index contributed by atoms with van der Waals surface area (Å²) in [7, 11) is 0. The lowest BCUT2D eigenvalue weighted by Crippen LogP contribution is -2.04. The van der Waals surface area contributed by atoms with E-state index in [1.54, 1.807) is 55.5 Å². The van der Waals surface area contributed by atoms with E-state index in [2.05, 4.69) is 16.0 Å². The number of carbonyl (C=O) groups excluding carboxylic acids is 1. The minimum absolute atomic E-state index is 0.313. The van der Waals surface area contributed by atoms with Crippen LogP contribution in [0, 0.1) is 0 Å². The average Bonchev–Trinajstić information content (AvgIpc) is 2.48. The summed E-state index contributed by atoms with van der Waals surface area (Å²) >= 11 is 5.86. The third-order valence-electron chi connectivity index (χ3n) is 2.56. The van der Waals surface area contributed by atoms with Crippen LogP contribution in [0.2, 0.25) is 5.02 Å². The third kappa shape index (κ3) is 4.28. The molecule has 0 heterocycles. The van der Waals surface area contributed by atoms with Gasteiger partial charge in [-0.1, -0.05) is 29.8 Å². The fourth-order valence-electron chi connectivity index (χ4n) is 1.63. The van der Waals surface area contributed by atoms with Crippen LogP contribution in [0.25, 0.3) is 0 Å². The van der Waals surface area contributed by atoms with Gasteiger partial charge in [0.25, 0.3) is 0 Å². The van der Waals surface area contributed by atoms with Gasteiger partial charge in [0.1, 0.15) is 6.01 Å². The molecule has 0 atom stereocenters. The van der Waals surface area contributed by atoms with Gasteiger partial charge in [-0.15, -0.1) is 0 Å². The number of para-hydroxylation sites is 1. The van der Waals surface area contributed by atoms with Crippen molar-refractivity contribution in [1.82, 2.24) is 0 Å². The fraction of sp³-hybridized carbons (Fsp3) is 0.125. The number of aliphatic imine (C=N–C) groups is 2. The van der Waals surface area contributed by atoms with E-state index < -0.39 is 5.97 Å². The first-order chi connectivity index (χ1) is 10.2. The highest BCUT2D eigenvalue weighted by Gasteiger charge is 2.10. The van der Waals surface area contributed by atoms with Gasteiger partial charge in [0, 0.05) is 5.02 Å². The Hall–Kier alpha value is -2.42. The van der Waals surface area contributed by atoms with Crippen molar-refractivity contribution >= 4 is 35.0 Å². The molecule has 2 aromatic rings. The Kier molecular flexibility index (Phi) is 5.27. The van der Waals surface area contributed by atoms with Crippen molar-refractivity contribution in [2.24, 2.45) is 9.98 Å². The van der Waals surface area contributed by atoms with E-state index in [0.717, 1.165) is 0 Å². The molecule has 0 unspecified atom stereocenters. The van der Waals surface area contributed by atoms with Crippen LogP contribution in [0.4, 0.5) is 11.4 Å². The van der Waals surface area contributed by atoms with Gasteiger partial charge in [-0.05, 0) is 37.3 Å². The van der Waals surface area contributed by atoms with Gasteiger partial charge in [0.15, 0.2) is 0 Å². The number of halogens is 1. The lowest BCUT2D eigenvalue weighted by atomic mass is 10.2. The number of carbonyl (C=O) groups is 1. The Morgan fingerprint density at radius 1 is 1.19 bits per heavy atom. The zero-order valence-electron chi connectivity index (χ0n) is 11.4. The third-order valence-corrected chi connectivity index (χ3v) is 2.79. The van der Waals surface area contributed by atoms with E-state index in [1.165, 1.54) is 0 Å². The molecule has 5 heteroatoms. The second-order valence-corrected chi connectivity index (χ2v) is 4.48. The monoisotopic (exact) mass is 300 g/mol. The molecule has 0 saturated heterocycles. The summed E-state index contributed by atoms with van der Waals surface area (Å²) in [5.41, 5.74) is 1.48. The lowest BCUT2D eigenvalue weighted by molar-refractivity contribution is 0.0527. The minimum atomic E-state index is -0.415. The molecule has 21 heavy (non-hydrogen) atoms.